The molecule has 0 bridgehead atoms. The van der Waals surface area contributed by atoms with E-state index in [0.29, 0.717) is 12.2 Å². The molecule has 0 fully saturated rings. The first kappa shape index (κ1) is 25.8. The van der Waals surface area contributed by atoms with Crippen molar-refractivity contribution in [2.75, 3.05) is 29.5 Å². The minimum atomic E-state index is -0.774. The number of rotatable bonds is 11. The second-order valence-corrected chi connectivity index (χ2v) is 8.85. The van der Waals surface area contributed by atoms with Crippen LogP contribution in [0, 0.1) is 0 Å². The van der Waals surface area contributed by atoms with E-state index < -0.39 is 29.7 Å². The fraction of sp³-hybridized carbons (Fsp3) is 0.280. The molecular weight excluding hydrogens is 468 g/mol. The first-order valence-electron chi connectivity index (χ1n) is 11.2. The molecule has 3 N–H and O–H groups in total. The summed E-state index contributed by atoms with van der Waals surface area (Å²) in [5.74, 6) is -0.741. The van der Waals surface area contributed by atoms with Crippen LogP contribution in [0.25, 0.3) is 0 Å². The molecule has 0 saturated heterocycles. The van der Waals surface area contributed by atoms with Gasteiger partial charge in [0.2, 0.25) is 0 Å². The lowest BCUT2D eigenvalue weighted by molar-refractivity contribution is -0.147. The van der Waals surface area contributed by atoms with Gasteiger partial charge in [0.25, 0.3) is 11.5 Å². The minimum absolute atomic E-state index is 0.123. The van der Waals surface area contributed by atoms with E-state index in [4.69, 9.17) is 10.5 Å². The number of thioether (sulfide) groups is 1. The molecule has 9 nitrogen and oxygen atoms in total. The molecule has 0 aliphatic rings. The molecule has 0 saturated carbocycles. The molecule has 10 heteroatoms. The number of carbonyl (C=O) groups is 2. The second kappa shape index (κ2) is 12.6. The lowest BCUT2D eigenvalue weighted by atomic mass is 10.2. The number of nitrogens with two attached hydrogens (primary N) is 1. The van der Waals surface area contributed by atoms with Crippen molar-refractivity contribution in [3.8, 4) is 0 Å². The van der Waals surface area contributed by atoms with Crippen molar-refractivity contribution in [2.24, 2.45) is 0 Å². The van der Waals surface area contributed by atoms with Crippen molar-refractivity contribution in [1.29, 1.82) is 0 Å². The number of H-pyrrole nitrogens is 1. The Bertz CT molecular complexity index is 1260. The highest BCUT2D eigenvalue weighted by atomic mass is 32.2. The average molecular weight is 497 g/mol. The van der Waals surface area contributed by atoms with E-state index in [1.807, 2.05) is 67.6 Å². The Morgan fingerprint density at radius 3 is 2.37 bits per heavy atom. The molecule has 1 heterocycles. The number of anilines is 2. The van der Waals surface area contributed by atoms with Gasteiger partial charge < -0.3 is 15.4 Å². The van der Waals surface area contributed by atoms with E-state index in [2.05, 4.69) is 4.98 Å². The number of amides is 1. The molecule has 3 rings (SSSR count). The minimum Gasteiger partial charge on any atom is -0.456 e. The number of nitrogens with one attached hydrogen (secondary N) is 1. The van der Waals surface area contributed by atoms with Crippen molar-refractivity contribution in [3.05, 3.63) is 87.1 Å². The SMILES string of the molecule is CCCN(C(=O)COC(=O)CCSc1ccccc1)c1c(N)n(Cc2ccccc2)c(=O)[nH]c1=O. The molecule has 1 amide bonds. The number of ether oxygens (including phenoxy) is 1. The zero-order valence-corrected chi connectivity index (χ0v) is 20.3. The maximum absolute atomic E-state index is 12.9. The normalized spacial score (nSPS) is 10.7. The van der Waals surface area contributed by atoms with Gasteiger partial charge >= 0.3 is 11.7 Å². The van der Waals surface area contributed by atoms with Crippen molar-refractivity contribution >= 4 is 35.1 Å². The van der Waals surface area contributed by atoms with E-state index in [1.165, 1.54) is 21.2 Å². The number of hydrogen-bond acceptors (Lipinski definition) is 7. The molecule has 0 unspecified atom stereocenters. The highest BCUT2D eigenvalue weighted by molar-refractivity contribution is 7.99. The van der Waals surface area contributed by atoms with Gasteiger partial charge in [-0.25, -0.2) is 4.79 Å². The summed E-state index contributed by atoms with van der Waals surface area (Å²) in [6.45, 7) is 1.58. The number of aromatic nitrogens is 2. The van der Waals surface area contributed by atoms with Gasteiger partial charge in [0.15, 0.2) is 12.3 Å². The summed E-state index contributed by atoms with van der Waals surface area (Å²) in [4.78, 5) is 54.6. The Balaban J connectivity index is 1.70. The molecule has 3 aromatic rings. The van der Waals surface area contributed by atoms with Gasteiger partial charge in [-0.05, 0) is 24.1 Å². The average Bonchev–Trinajstić information content (AvgIpc) is 2.86. The Hall–Kier alpha value is -3.79. The largest absolute Gasteiger partial charge is 0.456 e. The molecule has 0 spiro atoms. The van der Waals surface area contributed by atoms with Crippen molar-refractivity contribution < 1.29 is 14.3 Å². The van der Waals surface area contributed by atoms with Crippen LogP contribution in [0.1, 0.15) is 25.3 Å². The third-order valence-electron chi connectivity index (χ3n) is 5.09. The zero-order chi connectivity index (χ0) is 25.2. The Kier molecular flexibility index (Phi) is 9.31. The number of nitrogen functional groups attached to an aromatic ring is 1. The van der Waals surface area contributed by atoms with E-state index in [-0.39, 0.29) is 31.0 Å². The van der Waals surface area contributed by atoms with E-state index in [1.54, 1.807) is 0 Å². The molecule has 184 valence electrons. The fourth-order valence-electron chi connectivity index (χ4n) is 3.41. The van der Waals surface area contributed by atoms with Gasteiger partial charge in [0.1, 0.15) is 5.82 Å². The quantitative estimate of drug-likeness (QED) is 0.309. The van der Waals surface area contributed by atoms with Crippen LogP contribution >= 0.6 is 11.8 Å². The number of hydrogen-bond donors (Lipinski definition) is 2. The Morgan fingerprint density at radius 1 is 1.06 bits per heavy atom. The zero-order valence-electron chi connectivity index (χ0n) is 19.4. The summed E-state index contributed by atoms with van der Waals surface area (Å²) in [6, 6.07) is 18.8. The maximum atomic E-state index is 12.9. The van der Waals surface area contributed by atoms with E-state index >= 15 is 0 Å². The lowest BCUT2D eigenvalue weighted by Gasteiger charge is -2.24. The van der Waals surface area contributed by atoms with Gasteiger partial charge in [-0.15, -0.1) is 11.8 Å². The summed E-state index contributed by atoms with van der Waals surface area (Å²) in [5.41, 5.74) is 5.43. The van der Waals surface area contributed by atoms with E-state index in [0.717, 1.165) is 10.5 Å². The molecule has 1 aromatic heterocycles. The predicted octanol–water partition coefficient (Wildman–Crippen LogP) is 2.64. The van der Waals surface area contributed by atoms with Crippen LogP contribution in [-0.2, 0) is 20.9 Å². The topological polar surface area (TPSA) is 127 Å². The summed E-state index contributed by atoms with van der Waals surface area (Å²) >= 11 is 1.51. The summed E-state index contributed by atoms with van der Waals surface area (Å²) in [5, 5.41) is 0. The smallest absolute Gasteiger partial charge is 0.330 e. The van der Waals surface area contributed by atoms with Crippen molar-refractivity contribution in [3.63, 3.8) is 0 Å². The Morgan fingerprint density at radius 2 is 1.71 bits per heavy atom. The van der Waals surface area contributed by atoms with Gasteiger partial charge in [-0.1, -0.05) is 55.5 Å². The monoisotopic (exact) mass is 496 g/mol. The molecule has 0 radical (unpaired) electrons. The van der Waals surface area contributed by atoms with Crippen LogP contribution in [0.15, 0.2) is 75.1 Å². The molecule has 0 atom stereocenters. The van der Waals surface area contributed by atoms with Gasteiger partial charge in [0.05, 0.1) is 13.0 Å². The van der Waals surface area contributed by atoms with Crippen LogP contribution in [-0.4, -0.2) is 40.3 Å². The summed E-state index contributed by atoms with van der Waals surface area (Å²) < 4.78 is 6.36. The lowest BCUT2D eigenvalue weighted by Crippen LogP contribution is -2.43. The van der Waals surface area contributed by atoms with Crippen molar-refractivity contribution in [1.82, 2.24) is 9.55 Å². The van der Waals surface area contributed by atoms with Crippen LogP contribution < -0.4 is 21.9 Å². The number of nitrogens with zero attached hydrogens (tertiary/aromatic N) is 2. The fourth-order valence-corrected chi connectivity index (χ4v) is 4.26. The second-order valence-electron chi connectivity index (χ2n) is 7.68. The van der Waals surface area contributed by atoms with Crippen LogP contribution in [0.2, 0.25) is 0 Å². The number of esters is 1. The van der Waals surface area contributed by atoms with Crippen LogP contribution in [0.5, 0.6) is 0 Å². The summed E-state index contributed by atoms with van der Waals surface area (Å²) in [6.07, 6.45) is 0.648. The predicted molar refractivity (Wildman–Crippen MR) is 137 cm³/mol. The molecule has 0 aliphatic carbocycles. The van der Waals surface area contributed by atoms with Gasteiger partial charge in [0, 0.05) is 17.2 Å². The molecular formula is C25H28N4O5S. The van der Waals surface area contributed by atoms with E-state index in [9.17, 15) is 19.2 Å². The molecule has 35 heavy (non-hydrogen) atoms. The number of benzene rings is 2. The first-order valence-corrected chi connectivity index (χ1v) is 12.2. The number of aromatic amines is 1. The van der Waals surface area contributed by atoms with Crippen molar-refractivity contribution in [2.45, 2.75) is 31.2 Å². The standard InChI is InChI=1S/C25H28N4O5S/c1-2-14-28(20(30)17-34-21(31)13-15-35-19-11-7-4-8-12-19)22-23(26)29(25(33)27-24(22)32)16-18-9-5-3-6-10-18/h3-12H,2,13-17,26H2,1H3,(H,27,32,33). The highest BCUT2D eigenvalue weighted by Gasteiger charge is 2.24. The Labute approximate surface area is 206 Å². The van der Waals surface area contributed by atoms with Gasteiger partial charge in [-0.2, -0.15) is 0 Å². The molecule has 2 aromatic carbocycles. The van der Waals surface area contributed by atoms with Gasteiger partial charge in [-0.3, -0.25) is 23.9 Å². The van der Waals surface area contributed by atoms with Crippen LogP contribution in [0.3, 0.4) is 0 Å². The summed E-state index contributed by atoms with van der Waals surface area (Å²) in [7, 11) is 0. The highest BCUT2D eigenvalue weighted by Crippen LogP contribution is 2.20. The third-order valence-corrected chi connectivity index (χ3v) is 6.10. The molecule has 0 aliphatic heterocycles. The number of carbonyl (C=O) groups excluding carboxylic acids is 2. The first-order chi connectivity index (χ1) is 16.9. The van der Waals surface area contributed by atoms with Crippen LogP contribution in [0.4, 0.5) is 11.5 Å². The third kappa shape index (κ3) is 7.10. The maximum Gasteiger partial charge on any atom is 0.330 e.